The SMILES string of the molecule is Cc1n[nH]c(C)c1NC(=O)c1c(C)nc2c(OCc3c(F)cccc3F)cc(N3CCOCC3)cn12. The van der Waals surface area contributed by atoms with Gasteiger partial charge in [0.2, 0.25) is 0 Å². The maximum absolute atomic E-state index is 14.2. The number of hydrogen-bond donors (Lipinski definition) is 2. The Morgan fingerprint density at radius 3 is 2.56 bits per heavy atom. The minimum atomic E-state index is -0.694. The molecule has 0 unspecified atom stereocenters. The Morgan fingerprint density at radius 1 is 1.17 bits per heavy atom. The third kappa shape index (κ3) is 4.37. The summed E-state index contributed by atoms with van der Waals surface area (Å²) in [6, 6.07) is 5.45. The molecule has 1 aliphatic rings. The van der Waals surface area contributed by atoms with Crippen molar-refractivity contribution in [2.75, 3.05) is 36.5 Å². The average Bonchev–Trinajstić information content (AvgIpc) is 3.37. The molecule has 0 radical (unpaired) electrons. The van der Waals surface area contributed by atoms with Crippen molar-refractivity contribution in [3.05, 3.63) is 70.4 Å². The number of morpholine rings is 1. The average molecular weight is 497 g/mol. The van der Waals surface area contributed by atoms with Crippen molar-refractivity contribution in [2.45, 2.75) is 27.4 Å². The predicted molar refractivity (Wildman–Crippen MR) is 130 cm³/mol. The maximum Gasteiger partial charge on any atom is 0.274 e. The first kappa shape index (κ1) is 23.7. The molecular weight excluding hydrogens is 470 g/mol. The summed E-state index contributed by atoms with van der Waals surface area (Å²) < 4.78 is 41.5. The second-order valence-corrected chi connectivity index (χ2v) is 8.65. The lowest BCUT2D eigenvalue weighted by atomic mass is 10.2. The van der Waals surface area contributed by atoms with Crippen LogP contribution in [0, 0.1) is 32.4 Å². The molecular formula is C25H26F2N6O3. The van der Waals surface area contributed by atoms with E-state index in [4.69, 9.17) is 9.47 Å². The monoisotopic (exact) mass is 496 g/mol. The van der Waals surface area contributed by atoms with Gasteiger partial charge in [0.05, 0.1) is 47.2 Å². The molecule has 36 heavy (non-hydrogen) atoms. The van der Waals surface area contributed by atoms with Crippen LogP contribution < -0.4 is 15.0 Å². The van der Waals surface area contributed by atoms with Crippen LogP contribution in [-0.2, 0) is 11.3 Å². The Hall–Kier alpha value is -3.99. The van der Waals surface area contributed by atoms with E-state index < -0.39 is 11.6 Å². The maximum atomic E-state index is 14.2. The number of aromatic amines is 1. The van der Waals surface area contributed by atoms with Gasteiger partial charge in [-0.2, -0.15) is 5.10 Å². The third-order valence-electron chi connectivity index (χ3n) is 6.24. The van der Waals surface area contributed by atoms with Gasteiger partial charge in [0.1, 0.15) is 23.9 Å². The minimum absolute atomic E-state index is 0.181. The number of carbonyl (C=O) groups excluding carboxylic acids is 1. The van der Waals surface area contributed by atoms with Crippen LogP contribution in [-0.4, -0.2) is 51.8 Å². The standard InChI is InChI=1S/C25H26F2N6O3/c1-14-22(15(2)31-30-14)29-25(34)23-16(3)28-24-21(36-13-18-19(26)5-4-6-20(18)27)11-17(12-33(23)24)32-7-9-35-10-8-32/h4-6,11-12H,7-10,13H2,1-3H3,(H,29,34)(H,30,31). The van der Waals surface area contributed by atoms with Crippen LogP contribution in [0.4, 0.5) is 20.2 Å². The van der Waals surface area contributed by atoms with Crippen LogP contribution in [0.2, 0.25) is 0 Å². The van der Waals surface area contributed by atoms with Gasteiger partial charge in [-0.15, -0.1) is 0 Å². The molecule has 0 aliphatic carbocycles. The molecule has 3 aromatic heterocycles. The molecule has 0 atom stereocenters. The van der Waals surface area contributed by atoms with Crippen molar-refractivity contribution in [1.82, 2.24) is 19.6 Å². The number of amides is 1. The first-order chi connectivity index (χ1) is 17.3. The van der Waals surface area contributed by atoms with Gasteiger partial charge in [-0.1, -0.05) is 6.07 Å². The van der Waals surface area contributed by atoms with Crippen LogP contribution in [0.1, 0.15) is 33.1 Å². The number of H-pyrrole nitrogens is 1. The zero-order valence-corrected chi connectivity index (χ0v) is 20.2. The Balaban J connectivity index is 1.57. The van der Waals surface area contributed by atoms with Crippen LogP contribution in [0.15, 0.2) is 30.5 Å². The Morgan fingerprint density at radius 2 is 1.89 bits per heavy atom. The number of carbonyl (C=O) groups is 1. The lowest BCUT2D eigenvalue weighted by Gasteiger charge is -2.29. The largest absolute Gasteiger partial charge is 0.485 e. The fraction of sp³-hybridized carbons (Fsp3) is 0.320. The highest BCUT2D eigenvalue weighted by Crippen LogP contribution is 2.31. The first-order valence-corrected chi connectivity index (χ1v) is 11.6. The van der Waals surface area contributed by atoms with Gasteiger partial charge in [-0.05, 0) is 32.9 Å². The van der Waals surface area contributed by atoms with Crippen molar-refractivity contribution in [1.29, 1.82) is 0 Å². The summed E-state index contributed by atoms with van der Waals surface area (Å²) in [7, 11) is 0. The van der Waals surface area contributed by atoms with Gasteiger partial charge in [0.25, 0.3) is 5.91 Å². The van der Waals surface area contributed by atoms with Gasteiger partial charge in [0, 0.05) is 25.4 Å². The Bertz CT molecular complexity index is 1400. The molecule has 9 nitrogen and oxygen atoms in total. The number of anilines is 2. The third-order valence-corrected chi connectivity index (χ3v) is 6.24. The molecule has 1 saturated heterocycles. The van der Waals surface area contributed by atoms with E-state index in [1.54, 1.807) is 24.3 Å². The van der Waals surface area contributed by atoms with Crippen molar-refractivity contribution in [3.8, 4) is 5.75 Å². The fourth-order valence-electron chi connectivity index (χ4n) is 4.32. The van der Waals surface area contributed by atoms with Crippen molar-refractivity contribution >= 4 is 22.9 Å². The topological polar surface area (TPSA) is 96.8 Å². The number of nitrogens with zero attached hydrogens (tertiary/aromatic N) is 4. The highest BCUT2D eigenvalue weighted by atomic mass is 19.1. The Labute approximate surface area is 206 Å². The predicted octanol–water partition coefficient (Wildman–Crippen LogP) is 3.93. The quantitative estimate of drug-likeness (QED) is 0.420. The molecule has 11 heteroatoms. The molecule has 188 valence electrons. The van der Waals surface area contributed by atoms with Crippen molar-refractivity contribution in [2.24, 2.45) is 0 Å². The number of aryl methyl sites for hydroxylation is 3. The summed E-state index contributed by atoms with van der Waals surface area (Å²) in [4.78, 5) is 20.1. The highest BCUT2D eigenvalue weighted by molar-refractivity contribution is 6.05. The van der Waals surface area contributed by atoms with E-state index in [-0.39, 0.29) is 18.1 Å². The molecule has 0 bridgehead atoms. The summed E-state index contributed by atoms with van der Waals surface area (Å²) in [5, 5.41) is 9.90. The molecule has 1 aromatic carbocycles. The van der Waals surface area contributed by atoms with Crippen LogP contribution in [0.25, 0.3) is 5.65 Å². The minimum Gasteiger partial charge on any atom is -0.485 e. The zero-order chi connectivity index (χ0) is 25.4. The van der Waals surface area contributed by atoms with Crippen LogP contribution >= 0.6 is 0 Å². The van der Waals surface area contributed by atoms with Gasteiger partial charge in [-0.25, -0.2) is 13.8 Å². The highest BCUT2D eigenvalue weighted by Gasteiger charge is 2.24. The summed E-state index contributed by atoms with van der Waals surface area (Å²) in [5.41, 5.74) is 3.76. The van der Waals surface area contributed by atoms with E-state index >= 15 is 0 Å². The summed E-state index contributed by atoms with van der Waals surface area (Å²) in [5.74, 6) is -1.45. The van der Waals surface area contributed by atoms with E-state index in [1.165, 1.54) is 18.2 Å². The van der Waals surface area contributed by atoms with Crippen molar-refractivity contribution in [3.63, 3.8) is 0 Å². The van der Waals surface area contributed by atoms with E-state index in [0.717, 1.165) is 11.4 Å². The lowest BCUT2D eigenvalue weighted by Crippen LogP contribution is -2.36. The van der Waals surface area contributed by atoms with Crippen molar-refractivity contribution < 1.29 is 23.0 Å². The van der Waals surface area contributed by atoms with Gasteiger partial charge in [-0.3, -0.25) is 14.3 Å². The zero-order valence-electron chi connectivity index (χ0n) is 20.2. The first-order valence-electron chi connectivity index (χ1n) is 11.6. The van der Waals surface area contributed by atoms with E-state index in [0.29, 0.717) is 60.5 Å². The van der Waals surface area contributed by atoms with Gasteiger partial charge < -0.3 is 19.7 Å². The smallest absolute Gasteiger partial charge is 0.274 e. The molecule has 1 amide bonds. The molecule has 4 aromatic rings. The fourth-order valence-corrected chi connectivity index (χ4v) is 4.32. The molecule has 4 heterocycles. The van der Waals surface area contributed by atoms with E-state index in [1.807, 2.05) is 13.1 Å². The molecule has 5 rings (SSSR count). The normalized spacial score (nSPS) is 13.9. The van der Waals surface area contributed by atoms with Crippen LogP contribution in [0.5, 0.6) is 5.75 Å². The number of aromatic nitrogens is 4. The number of hydrogen-bond acceptors (Lipinski definition) is 6. The number of nitrogens with one attached hydrogen (secondary N) is 2. The molecule has 1 aliphatic heterocycles. The van der Waals surface area contributed by atoms with E-state index in [9.17, 15) is 13.6 Å². The number of rotatable bonds is 6. The molecule has 0 saturated carbocycles. The molecule has 2 N–H and O–H groups in total. The number of pyridine rings is 1. The van der Waals surface area contributed by atoms with E-state index in [2.05, 4.69) is 25.4 Å². The molecule has 1 fully saturated rings. The number of halogens is 2. The second kappa shape index (κ2) is 9.57. The summed E-state index contributed by atoms with van der Waals surface area (Å²) in [6.45, 7) is 7.43. The molecule has 0 spiro atoms. The number of fused-ring (bicyclic) bond motifs is 1. The number of ether oxygens (including phenoxy) is 2. The van der Waals surface area contributed by atoms with Gasteiger partial charge >= 0.3 is 0 Å². The summed E-state index contributed by atoms with van der Waals surface area (Å²) in [6.07, 6.45) is 1.82. The number of benzene rings is 1. The summed E-state index contributed by atoms with van der Waals surface area (Å²) >= 11 is 0. The number of imidazole rings is 1. The second-order valence-electron chi connectivity index (χ2n) is 8.65. The van der Waals surface area contributed by atoms with Gasteiger partial charge in [0.15, 0.2) is 11.4 Å². The lowest BCUT2D eigenvalue weighted by molar-refractivity contribution is 0.102. The van der Waals surface area contributed by atoms with Crippen LogP contribution in [0.3, 0.4) is 0 Å². The Kier molecular flexibility index (Phi) is 6.31.